The predicted octanol–water partition coefficient (Wildman–Crippen LogP) is 2.26. The average molecular weight is 312 g/mol. The number of aryl methyl sites for hydroxylation is 1. The largest absolute Gasteiger partial charge is 0.338 e. The van der Waals surface area contributed by atoms with E-state index >= 15 is 0 Å². The molecule has 1 aromatic carbocycles. The maximum atomic E-state index is 12.3. The van der Waals surface area contributed by atoms with Gasteiger partial charge in [0.15, 0.2) is 0 Å². The highest BCUT2D eigenvalue weighted by molar-refractivity contribution is 5.98. The van der Waals surface area contributed by atoms with Crippen LogP contribution in [0.5, 0.6) is 0 Å². The molecule has 3 heterocycles. The van der Waals surface area contributed by atoms with Gasteiger partial charge >= 0.3 is 0 Å². The number of hydrogen-bond donors (Lipinski definition) is 0. The number of nitrogens with zero attached hydrogens (tertiary/aromatic N) is 4. The Hall–Kier alpha value is -2.37. The summed E-state index contributed by atoms with van der Waals surface area (Å²) in [5, 5.41) is 4.06. The van der Waals surface area contributed by atoms with Crippen molar-refractivity contribution in [2.45, 2.75) is 32.2 Å². The van der Waals surface area contributed by atoms with Crippen molar-refractivity contribution in [3.05, 3.63) is 41.3 Å². The molecule has 0 aliphatic carbocycles. The molecule has 1 amide bonds. The Bertz CT molecular complexity index is 706. The van der Waals surface area contributed by atoms with Gasteiger partial charge in [-0.05, 0) is 36.0 Å². The van der Waals surface area contributed by atoms with Gasteiger partial charge in [-0.2, -0.15) is 4.98 Å². The quantitative estimate of drug-likeness (QED) is 0.847. The van der Waals surface area contributed by atoms with E-state index in [1.165, 1.54) is 12.8 Å². The molecular weight excluding hydrogens is 292 g/mol. The van der Waals surface area contributed by atoms with E-state index < -0.39 is 0 Å². The molecule has 2 aliphatic heterocycles. The Labute approximate surface area is 135 Å². The first-order valence-electron chi connectivity index (χ1n) is 8.26. The maximum Gasteiger partial charge on any atom is 0.266 e. The van der Waals surface area contributed by atoms with Gasteiger partial charge in [-0.1, -0.05) is 18.2 Å². The number of benzene rings is 1. The molecule has 0 unspecified atom stereocenters. The number of hydrogen-bond acceptors (Lipinski definition) is 5. The highest BCUT2D eigenvalue weighted by Crippen LogP contribution is 2.22. The molecule has 0 bridgehead atoms. The Morgan fingerprint density at radius 2 is 2.00 bits per heavy atom. The zero-order valence-electron chi connectivity index (χ0n) is 13.1. The first-order chi connectivity index (χ1) is 11.3. The van der Waals surface area contributed by atoms with E-state index in [2.05, 4.69) is 15.0 Å². The second-order valence-electron chi connectivity index (χ2n) is 6.17. The number of carbonyl (C=O) groups excluding carboxylic acids is 1. The molecule has 0 atom stereocenters. The summed E-state index contributed by atoms with van der Waals surface area (Å²) in [7, 11) is 0. The van der Waals surface area contributed by atoms with Gasteiger partial charge in [-0.15, -0.1) is 0 Å². The summed E-state index contributed by atoms with van der Waals surface area (Å²) >= 11 is 0. The zero-order valence-corrected chi connectivity index (χ0v) is 13.1. The molecule has 0 saturated carbocycles. The maximum absolute atomic E-state index is 12.3. The van der Waals surface area contributed by atoms with Crippen LogP contribution in [0.4, 0.5) is 5.95 Å². The molecule has 23 heavy (non-hydrogen) atoms. The lowest BCUT2D eigenvalue weighted by Crippen LogP contribution is -2.25. The molecule has 4 rings (SSSR count). The normalized spacial score (nSPS) is 17.1. The fourth-order valence-electron chi connectivity index (χ4n) is 3.31. The smallest absolute Gasteiger partial charge is 0.266 e. The molecule has 0 N–H and O–H groups in total. The second-order valence-corrected chi connectivity index (χ2v) is 6.17. The molecule has 6 nitrogen and oxygen atoms in total. The van der Waals surface area contributed by atoms with Crippen molar-refractivity contribution in [1.29, 1.82) is 0 Å². The van der Waals surface area contributed by atoms with E-state index in [0.717, 1.165) is 37.2 Å². The molecular formula is C17H20N4O2. The van der Waals surface area contributed by atoms with Crippen molar-refractivity contribution in [2.24, 2.45) is 0 Å². The first kappa shape index (κ1) is 14.2. The van der Waals surface area contributed by atoms with Gasteiger partial charge in [0.2, 0.25) is 5.89 Å². The van der Waals surface area contributed by atoms with Crippen molar-refractivity contribution < 1.29 is 9.32 Å². The molecule has 1 aromatic heterocycles. The van der Waals surface area contributed by atoms with Crippen LogP contribution in [0, 0.1) is 0 Å². The summed E-state index contributed by atoms with van der Waals surface area (Å²) in [6.07, 6.45) is 3.94. The molecule has 6 heteroatoms. The number of fused-ring (bicyclic) bond motifs is 1. The van der Waals surface area contributed by atoms with Crippen molar-refractivity contribution in [2.75, 3.05) is 24.5 Å². The van der Waals surface area contributed by atoms with Gasteiger partial charge in [0, 0.05) is 38.2 Å². The third-order valence-electron chi connectivity index (χ3n) is 4.56. The van der Waals surface area contributed by atoms with Gasteiger partial charge in [0.25, 0.3) is 11.9 Å². The minimum absolute atomic E-state index is 0.129. The Morgan fingerprint density at radius 1 is 1.17 bits per heavy atom. The highest BCUT2D eigenvalue weighted by Gasteiger charge is 2.26. The lowest BCUT2D eigenvalue weighted by Gasteiger charge is -2.14. The molecule has 0 radical (unpaired) electrons. The molecule has 120 valence electrons. The van der Waals surface area contributed by atoms with Crippen LogP contribution in [0.1, 0.15) is 41.1 Å². The van der Waals surface area contributed by atoms with E-state index in [1.807, 2.05) is 29.2 Å². The van der Waals surface area contributed by atoms with E-state index in [4.69, 9.17) is 4.52 Å². The summed E-state index contributed by atoms with van der Waals surface area (Å²) in [6, 6.07) is 7.82. The molecule has 1 saturated heterocycles. The highest BCUT2D eigenvalue weighted by atomic mass is 16.5. The monoisotopic (exact) mass is 312 g/mol. The lowest BCUT2D eigenvalue weighted by molar-refractivity contribution is 0.0775. The number of carbonyl (C=O) groups is 1. The summed E-state index contributed by atoms with van der Waals surface area (Å²) < 4.78 is 5.32. The van der Waals surface area contributed by atoms with Gasteiger partial charge < -0.3 is 14.3 Å². The van der Waals surface area contributed by atoms with Crippen LogP contribution in [0.15, 0.2) is 28.8 Å². The van der Waals surface area contributed by atoms with Crippen LogP contribution in [-0.2, 0) is 13.0 Å². The molecule has 2 aromatic rings. The fourth-order valence-corrected chi connectivity index (χ4v) is 3.31. The standard InChI is InChI=1S/C17H20N4O2/c22-16-14-7-2-1-6-13(14)12-21(16)11-5-8-15-18-17(19-23-15)20-9-3-4-10-20/h1-2,6-7H,3-5,8-12H2. The number of aromatic nitrogens is 2. The number of anilines is 1. The van der Waals surface area contributed by atoms with Crippen molar-refractivity contribution in [3.8, 4) is 0 Å². The van der Waals surface area contributed by atoms with E-state index in [9.17, 15) is 4.79 Å². The van der Waals surface area contributed by atoms with Crippen LogP contribution < -0.4 is 4.90 Å². The van der Waals surface area contributed by atoms with Crippen LogP contribution in [0.2, 0.25) is 0 Å². The second kappa shape index (κ2) is 6.02. The summed E-state index contributed by atoms with van der Waals surface area (Å²) in [5.41, 5.74) is 1.95. The summed E-state index contributed by atoms with van der Waals surface area (Å²) in [6.45, 7) is 3.45. The Balaban J connectivity index is 1.30. The zero-order chi connectivity index (χ0) is 15.6. The van der Waals surface area contributed by atoms with Crippen LogP contribution >= 0.6 is 0 Å². The van der Waals surface area contributed by atoms with Crippen LogP contribution in [-0.4, -0.2) is 40.6 Å². The lowest BCUT2D eigenvalue weighted by atomic mass is 10.1. The molecule has 1 fully saturated rings. The first-order valence-corrected chi connectivity index (χ1v) is 8.26. The fraction of sp³-hybridized carbons (Fsp3) is 0.471. The van der Waals surface area contributed by atoms with Gasteiger partial charge in [-0.25, -0.2) is 0 Å². The topological polar surface area (TPSA) is 62.5 Å². The van der Waals surface area contributed by atoms with Gasteiger partial charge in [0.1, 0.15) is 0 Å². The number of amides is 1. The predicted molar refractivity (Wildman–Crippen MR) is 85.2 cm³/mol. The van der Waals surface area contributed by atoms with Gasteiger partial charge in [0.05, 0.1) is 0 Å². The Morgan fingerprint density at radius 3 is 2.83 bits per heavy atom. The van der Waals surface area contributed by atoms with Crippen LogP contribution in [0.3, 0.4) is 0 Å². The van der Waals surface area contributed by atoms with Crippen molar-refractivity contribution in [3.63, 3.8) is 0 Å². The Kier molecular flexibility index (Phi) is 3.73. The number of rotatable bonds is 5. The minimum Gasteiger partial charge on any atom is -0.338 e. The summed E-state index contributed by atoms with van der Waals surface area (Å²) in [4.78, 5) is 20.8. The minimum atomic E-state index is 0.129. The van der Waals surface area contributed by atoms with Gasteiger partial charge in [-0.3, -0.25) is 4.79 Å². The molecule has 2 aliphatic rings. The third-order valence-corrected chi connectivity index (χ3v) is 4.56. The van der Waals surface area contributed by atoms with E-state index in [-0.39, 0.29) is 5.91 Å². The van der Waals surface area contributed by atoms with Crippen molar-refractivity contribution >= 4 is 11.9 Å². The van der Waals surface area contributed by atoms with E-state index in [1.54, 1.807) is 0 Å². The third kappa shape index (κ3) is 2.81. The van der Waals surface area contributed by atoms with Crippen molar-refractivity contribution in [1.82, 2.24) is 15.0 Å². The summed E-state index contributed by atoms with van der Waals surface area (Å²) in [5.74, 6) is 1.50. The average Bonchev–Trinajstić information content (AvgIpc) is 3.29. The van der Waals surface area contributed by atoms with Crippen LogP contribution in [0.25, 0.3) is 0 Å². The van der Waals surface area contributed by atoms with E-state index in [0.29, 0.717) is 24.8 Å². The molecule has 0 spiro atoms. The SMILES string of the molecule is O=C1c2ccccc2CN1CCCc1nc(N2CCCC2)no1.